The van der Waals surface area contributed by atoms with Crippen LogP contribution in [0.2, 0.25) is 5.02 Å². The predicted octanol–water partition coefficient (Wildman–Crippen LogP) is 7.80. The van der Waals surface area contributed by atoms with Gasteiger partial charge in [0.2, 0.25) is 0 Å². The van der Waals surface area contributed by atoms with Gasteiger partial charge in [-0.25, -0.2) is 4.39 Å². The number of ether oxygens (including phenoxy) is 2. The fraction of sp³-hybridized carbons (Fsp3) is 0.296. The summed E-state index contributed by atoms with van der Waals surface area (Å²) in [5, 5.41) is 9.46. The minimum absolute atomic E-state index is 0.0651. The van der Waals surface area contributed by atoms with E-state index in [0.717, 1.165) is 29.1 Å². The van der Waals surface area contributed by atoms with Crippen molar-refractivity contribution in [3.8, 4) is 17.2 Å². The van der Waals surface area contributed by atoms with E-state index in [4.69, 9.17) is 26.2 Å². The Balaban J connectivity index is 1.56. The first-order valence-corrected chi connectivity index (χ1v) is 12.6. The highest BCUT2D eigenvalue weighted by molar-refractivity contribution is 7.99. The number of hydrogen-bond donors (Lipinski definition) is 1. The minimum Gasteiger partial charge on any atom is -0.487 e. The highest BCUT2D eigenvalue weighted by Gasteiger charge is 2.13. The van der Waals surface area contributed by atoms with E-state index in [-0.39, 0.29) is 18.3 Å². The molecule has 0 aliphatic carbocycles. The van der Waals surface area contributed by atoms with Crippen molar-refractivity contribution < 1.29 is 23.8 Å². The second kappa shape index (κ2) is 12.7. The Morgan fingerprint density at radius 2 is 1.82 bits per heavy atom. The molecule has 3 aromatic rings. The summed E-state index contributed by atoms with van der Waals surface area (Å²) in [7, 11) is 0. The summed E-state index contributed by atoms with van der Waals surface area (Å²) in [4.78, 5) is 12.0. The number of aryl methyl sites for hydroxylation is 2. The van der Waals surface area contributed by atoms with Gasteiger partial charge in [-0.1, -0.05) is 24.6 Å². The smallest absolute Gasteiger partial charge is 0.303 e. The Hall–Kier alpha value is -2.70. The van der Waals surface area contributed by atoms with Crippen LogP contribution in [0.5, 0.6) is 17.2 Å². The third-order valence-electron chi connectivity index (χ3n) is 5.24. The summed E-state index contributed by atoms with van der Waals surface area (Å²) >= 11 is 7.89. The zero-order valence-corrected chi connectivity index (χ0v) is 20.8. The van der Waals surface area contributed by atoms with Crippen LogP contribution < -0.4 is 9.47 Å². The Morgan fingerprint density at radius 1 is 1.06 bits per heavy atom. The lowest BCUT2D eigenvalue weighted by atomic mass is 10.0. The second-order valence-electron chi connectivity index (χ2n) is 7.89. The molecule has 0 amide bonds. The summed E-state index contributed by atoms with van der Waals surface area (Å²) < 4.78 is 25.2. The second-order valence-corrected chi connectivity index (χ2v) is 9.50. The number of hydrogen-bond acceptors (Lipinski definition) is 4. The van der Waals surface area contributed by atoms with Gasteiger partial charge in [-0.3, -0.25) is 4.79 Å². The molecule has 1 unspecified atom stereocenters. The van der Waals surface area contributed by atoms with Crippen molar-refractivity contribution in [2.45, 2.75) is 50.5 Å². The molecular formula is C27H28ClFO4S. The van der Waals surface area contributed by atoms with Crippen molar-refractivity contribution in [3.05, 3.63) is 82.6 Å². The number of carboxylic acid groups (broad SMARTS) is 1. The SMILES string of the molecule is CCc1cc(SCCC(C)Oc2ccc(Cl)cc2Oc2ccc(F)cc2)ccc1CCC(=O)O. The fourth-order valence-electron chi connectivity index (χ4n) is 3.41. The average Bonchev–Trinajstić information content (AvgIpc) is 2.81. The van der Waals surface area contributed by atoms with Gasteiger partial charge in [-0.15, -0.1) is 11.8 Å². The molecule has 34 heavy (non-hydrogen) atoms. The molecule has 0 aromatic heterocycles. The van der Waals surface area contributed by atoms with Gasteiger partial charge < -0.3 is 14.6 Å². The Labute approximate surface area is 209 Å². The average molecular weight is 503 g/mol. The van der Waals surface area contributed by atoms with Crippen molar-refractivity contribution in [3.63, 3.8) is 0 Å². The van der Waals surface area contributed by atoms with Crippen LogP contribution in [0, 0.1) is 5.82 Å². The molecule has 4 nitrogen and oxygen atoms in total. The van der Waals surface area contributed by atoms with Gasteiger partial charge in [0.15, 0.2) is 11.5 Å². The van der Waals surface area contributed by atoms with Crippen LogP contribution in [-0.4, -0.2) is 22.9 Å². The molecule has 0 aliphatic rings. The first-order chi connectivity index (χ1) is 16.3. The number of thioether (sulfide) groups is 1. The minimum atomic E-state index is -0.776. The Morgan fingerprint density at radius 3 is 2.53 bits per heavy atom. The van der Waals surface area contributed by atoms with E-state index in [9.17, 15) is 9.18 Å². The summed E-state index contributed by atoms with van der Waals surface area (Å²) in [5.74, 6) is 1.30. The van der Waals surface area contributed by atoms with Gasteiger partial charge >= 0.3 is 5.97 Å². The summed E-state index contributed by atoms with van der Waals surface area (Å²) in [6, 6.07) is 17.2. The van der Waals surface area contributed by atoms with Crippen LogP contribution in [0.1, 0.15) is 37.8 Å². The monoisotopic (exact) mass is 502 g/mol. The molecular weight excluding hydrogens is 475 g/mol. The third-order valence-corrected chi connectivity index (χ3v) is 6.50. The van der Waals surface area contributed by atoms with E-state index < -0.39 is 5.97 Å². The largest absolute Gasteiger partial charge is 0.487 e. The predicted molar refractivity (Wildman–Crippen MR) is 135 cm³/mol. The molecule has 0 fully saturated rings. The summed E-state index contributed by atoms with van der Waals surface area (Å²) in [5.41, 5.74) is 2.29. The lowest BCUT2D eigenvalue weighted by molar-refractivity contribution is -0.136. The maximum Gasteiger partial charge on any atom is 0.303 e. The molecule has 0 spiro atoms. The normalized spacial score (nSPS) is 11.8. The van der Waals surface area contributed by atoms with Crippen LogP contribution in [-0.2, 0) is 17.6 Å². The van der Waals surface area contributed by atoms with Crippen LogP contribution >= 0.6 is 23.4 Å². The number of benzene rings is 3. The number of carbonyl (C=O) groups is 1. The van der Waals surface area contributed by atoms with Crippen molar-refractivity contribution in [1.82, 2.24) is 0 Å². The van der Waals surface area contributed by atoms with Crippen molar-refractivity contribution in [1.29, 1.82) is 0 Å². The quantitative estimate of drug-likeness (QED) is 0.256. The molecule has 0 heterocycles. The maximum atomic E-state index is 13.2. The van der Waals surface area contributed by atoms with Crippen LogP contribution in [0.3, 0.4) is 0 Å². The van der Waals surface area contributed by atoms with E-state index in [1.54, 1.807) is 42.1 Å². The summed E-state index contributed by atoms with van der Waals surface area (Å²) in [6.45, 7) is 4.09. The van der Waals surface area contributed by atoms with Gasteiger partial charge in [0.1, 0.15) is 11.6 Å². The first-order valence-electron chi connectivity index (χ1n) is 11.2. The highest BCUT2D eigenvalue weighted by atomic mass is 35.5. The zero-order valence-electron chi connectivity index (χ0n) is 19.2. The van der Waals surface area contributed by atoms with Crippen molar-refractivity contribution in [2.24, 2.45) is 0 Å². The van der Waals surface area contributed by atoms with Gasteiger partial charge in [0.05, 0.1) is 6.10 Å². The highest BCUT2D eigenvalue weighted by Crippen LogP contribution is 2.35. The Kier molecular flexibility index (Phi) is 9.66. The topological polar surface area (TPSA) is 55.8 Å². The van der Waals surface area contributed by atoms with Crippen molar-refractivity contribution in [2.75, 3.05) is 5.75 Å². The fourth-order valence-corrected chi connectivity index (χ4v) is 4.65. The molecule has 7 heteroatoms. The van der Waals surface area contributed by atoms with Crippen LogP contribution in [0.4, 0.5) is 4.39 Å². The molecule has 0 bridgehead atoms. The first kappa shape index (κ1) is 25.9. The van der Waals surface area contributed by atoms with E-state index >= 15 is 0 Å². The summed E-state index contributed by atoms with van der Waals surface area (Å²) in [6.07, 6.45) is 2.32. The molecule has 180 valence electrons. The molecule has 0 saturated carbocycles. The molecule has 3 aromatic carbocycles. The number of aliphatic carboxylic acids is 1. The van der Waals surface area contributed by atoms with Gasteiger partial charge in [0.25, 0.3) is 0 Å². The third kappa shape index (κ3) is 7.96. The van der Waals surface area contributed by atoms with Gasteiger partial charge in [0, 0.05) is 28.2 Å². The van der Waals surface area contributed by atoms with E-state index in [1.165, 1.54) is 17.7 Å². The number of carboxylic acids is 1. The lowest BCUT2D eigenvalue weighted by Gasteiger charge is -2.18. The number of halogens is 2. The maximum absolute atomic E-state index is 13.2. The van der Waals surface area contributed by atoms with Crippen LogP contribution in [0.25, 0.3) is 0 Å². The molecule has 0 radical (unpaired) electrons. The van der Waals surface area contributed by atoms with E-state index in [1.807, 2.05) is 13.0 Å². The Bertz CT molecular complexity index is 1100. The molecule has 0 aliphatic heterocycles. The van der Waals surface area contributed by atoms with E-state index in [2.05, 4.69) is 19.1 Å². The van der Waals surface area contributed by atoms with Gasteiger partial charge in [-0.2, -0.15) is 0 Å². The molecule has 0 saturated heterocycles. The molecule has 1 atom stereocenters. The lowest BCUT2D eigenvalue weighted by Crippen LogP contribution is -2.13. The van der Waals surface area contributed by atoms with Gasteiger partial charge in [-0.05, 0) is 85.8 Å². The zero-order chi connectivity index (χ0) is 24.5. The molecule has 1 N–H and O–H groups in total. The number of rotatable bonds is 12. The standard InChI is InChI=1S/C27H28ClFO4S/c1-3-19-16-24(11-4-20(19)5-13-27(30)31)34-15-14-18(2)32-25-12-6-21(28)17-26(25)33-23-9-7-22(29)8-10-23/h4,6-12,16-18H,3,5,13-15H2,1-2H3,(H,30,31). The molecule has 3 rings (SSSR count). The van der Waals surface area contributed by atoms with Crippen molar-refractivity contribution >= 4 is 29.3 Å². The van der Waals surface area contributed by atoms with Crippen LogP contribution in [0.15, 0.2) is 65.6 Å². The van der Waals surface area contributed by atoms with E-state index in [0.29, 0.717) is 28.7 Å².